The van der Waals surface area contributed by atoms with Gasteiger partial charge in [0.05, 0.1) is 17.7 Å². The number of hydrazone groups is 1. The number of hydrogen-bond acceptors (Lipinski definition) is 6. The maximum atomic E-state index is 12.7. The SMILES string of the molecule is CN(CCO)c1ccc(/C=N\NC(=O)c2cccc(S(=O)(=O)Nc3ccc(Cl)cc3)c2)cc1. The summed E-state index contributed by atoms with van der Waals surface area (Å²) in [5.41, 5.74) is 4.60. The number of aliphatic hydroxyl groups excluding tert-OH is 1. The van der Waals surface area contributed by atoms with Crippen LogP contribution in [0.1, 0.15) is 15.9 Å². The molecular weight excluding hydrogens is 464 g/mol. The Morgan fingerprint density at radius 3 is 2.45 bits per heavy atom. The number of sulfonamides is 1. The van der Waals surface area contributed by atoms with Gasteiger partial charge in [-0.05, 0) is 60.2 Å². The highest BCUT2D eigenvalue weighted by Crippen LogP contribution is 2.19. The molecule has 0 unspecified atom stereocenters. The molecule has 3 N–H and O–H groups in total. The number of rotatable bonds is 9. The molecule has 3 aromatic rings. The maximum Gasteiger partial charge on any atom is 0.271 e. The lowest BCUT2D eigenvalue weighted by Crippen LogP contribution is -2.21. The molecular formula is C23H23ClN4O4S. The van der Waals surface area contributed by atoms with Gasteiger partial charge in [-0.15, -0.1) is 0 Å². The molecule has 3 aromatic carbocycles. The first kappa shape index (κ1) is 24.2. The second kappa shape index (κ2) is 11.0. The predicted molar refractivity (Wildman–Crippen MR) is 131 cm³/mol. The van der Waals surface area contributed by atoms with Crippen molar-refractivity contribution in [1.82, 2.24) is 5.43 Å². The zero-order valence-electron chi connectivity index (χ0n) is 17.8. The lowest BCUT2D eigenvalue weighted by molar-refractivity contribution is 0.0955. The van der Waals surface area contributed by atoms with Gasteiger partial charge in [-0.1, -0.05) is 29.8 Å². The van der Waals surface area contributed by atoms with Crippen molar-refractivity contribution in [2.45, 2.75) is 4.90 Å². The van der Waals surface area contributed by atoms with Crippen molar-refractivity contribution in [3.63, 3.8) is 0 Å². The first-order valence-corrected chi connectivity index (χ1v) is 11.8. The van der Waals surface area contributed by atoms with Crippen molar-refractivity contribution in [2.75, 3.05) is 29.8 Å². The Bertz CT molecular complexity index is 1230. The highest BCUT2D eigenvalue weighted by atomic mass is 35.5. The molecule has 0 aliphatic rings. The van der Waals surface area contributed by atoms with Crippen LogP contribution in [0.5, 0.6) is 0 Å². The third kappa shape index (κ3) is 6.79. The van der Waals surface area contributed by atoms with E-state index in [-0.39, 0.29) is 17.1 Å². The summed E-state index contributed by atoms with van der Waals surface area (Å²) in [7, 11) is -2.02. The molecule has 0 aliphatic carbocycles. The highest BCUT2D eigenvalue weighted by Gasteiger charge is 2.16. The number of carbonyl (C=O) groups excluding carboxylic acids is 1. The maximum absolute atomic E-state index is 12.7. The molecule has 0 spiro atoms. The Labute approximate surface area is 197 Å². The van der Waals surface area contributed by atoms with Gasteiger partial charge in [0.15, 0.2) is 0 Å². The third-order valence-corrected chi connectivity index (χ3v) is 6.28. The average Bonchev–Trinajstić information content (AvgIpc) is 2.81. The minimum absolute atomic E-state index is 0.0586. The van der Waals surface area contributed by atoms with E-state index in [9.17, 15) is 13.2 Å². The zero-order chi connectivity index (χ0) is 23.8. The summed E-state index contributed by atoms with van der Waals surface area (Å²) >= 11 is 5.82. The summed E-state index contributed by atoms with van der Waals surface area (Å²) in [4.78, 5) is 14.3. The van der Waals surface area contributed by atoms with E-state index in [0.717, 1.165) is 11.3 Å². The second-order valence-corrected chi connectivity index (χ2v) is 9.19. The van der Waals surface area contributed by atoms with Crippen LogP contribution >= 0.6 is 11.6 Å². The number of aliphatic hydroxyl groups is 1. The smallest absolute Gasteiger partial charge is 0.271 e. The van der Waals surface area contributed by atoms with Gasteiger partial charge in [-0.2, -0.15) is 5.10 Å². The van der Waals surface area contributed by atoms with Crippen molar-refractivity contribution in [3.05, 3.63) is 88.9 Å². The number of benzene rings is 3. The summed E-state index contributed by atoms with van der Waals surface area (Å²) in [5, 5.41) is 13.4. The van der Waals surface area contributed by atoms with Crippen LogP contribution in [0.15, 0.2) is 82.8 Å². The predicted octanol–water partition coefficient (Wildman–Crippen LogP) is 3.33. The van der Waals surface area contributed by atoms with E-state index in [1.807, 2.05) is 36.2 Å². The number of anilines is 2. The molecule has 8 nitrogen and oxygen atoms in total. The minimum atomic E-state index is -3.89. The zero-order valence-corrected chi connectivity index (χ0v) is 19.3. The Hall–Kier alpha value is -3.40. The van der Waals surface area contributed by atoms with Crippen molar-refractivity contribution in [1.29, 1.82) is 0 Å². The molecule has 0 radical (unpaired) electrons. The van der Waals surface area contributed by atoms with Gasteiger partial charge in [0, 0.05) is 35.6 Å². The largest absolute Gasteiger partial charge is 0.395 e. The van der Waals surface area contributed by atoms with E-state index >= 15 is 0 Å². The molecule has 0 aliphatic heterocycles. The quantitative estimate of drug-likeness (QED) is 0.317. The first-order chi connectivity index (χ1) is 15.8. The van der Waals surface area contributed by atoms with Crippen LogP contribution in [-0.2, 0) is 10.0 Å². The molecule has 0 saturated heterocycles. The molecule has 172 valence electrons. The second-order valence-electron chi connectivity index (χ2n) is 7.08. The molecule has 0 saturated carbocycles. The van der Waals surface area contributed by atoms with Crippen molar-refractivity contribution in [2.24, 2.45) is 5.10 Å². The van der Waals surface area contributed by atoms with Crippen LogP contribution in [0, 0.1) is 0 Å². The number of likely N-dealkylation sites (N-methyl/N-ethyl adjacent to an activating group) is 1. The number of nitrogens with one attached hydrogen (secondary N) is 2. The van der Waals surface area contributed by atoms with Gasteiger partial charge in [0.2, 0.25) is 0 Å². The number of hydrogen-bond donors (Lipinski definition) is 3. The number of nitrogens with zero attached hydrogens (tertiary/aromatic N) is 2. The van der Waals surface area contributed by atoms with Crippen molar-refractivity contribution >= 4 is 45.1 Å². The van der Waals surface area contributed by atoms with Crippen molar-refractivity contribution in [3.8, 4) is 0 Å². The van der Waals surface area contributed by atoms with Crippen LogP contribution in [0.2, 0.25) is 5.02 Å². The van der Waals surface area contributed by atoms with Gasteiger partial charge in [-0.25, -0.2) is 13.8 Å². The Balaban J connectivity index is 1.65. The molecule has 1 amide bonds. The van der Waals surface area contributed by atoms with E-state index in [0.29, 0.717) is 17.3 Å². The van der Waals surface area contributed by atoms with E-state index in [1.165, 1.54) is 30.5 Å². The van der Waals surface area contributed by atoms with Gasteiger partial charge in [-0.3, -0.25) is 9.52 Å². The van der Waals surface area contributed by atoms with Gasteiger partial charge in [0.1, 0.15) is 0 Å². The van der Waals surface area contributed by atoms with Gasteiger partial charge in [0.25, 0.3) is 15.9 Å². The highest BCUT2D eigenvalue weighted by molar-refractivity contribution is 7.92. The van der Waals surface area contributed by atoms with E-state index < -0.39 is 15.9 Å². The standard InChI is InChI=1S/C23H23ClN4O4S/c1-28(13-14-29)21-11-5-17(6-12-21)16-25-26-23(30)18-3-2-4-22(15-18)33(31,32)27-20-9-7-19(24)8-10-20/h2-12,15-16,27,29H,13-14H2,1H3,(H,26,30)/b25-16-. The molecule has 0 aromatic heterocycles. The molecule has 0 heterocycles. The van der Waals surface area contributed by atoms with Crippen LogP contribution in [-0.4, -0.2) is 45.8 Å². The van der Waals surface area contributed by atoms with Crippen molar-refractivity contribution < 1.29 is 18.3 Å². The van der Waals surface area contributed by atoms with Crippen LogP contribution in [0.3, 0.4) is 0 Å². The lowest BCUT2D eigenvalue weighted by Gasteiger charge is -2.17. The minimum Gasteiger partial charge on any atom is -0.395 e. The molecule has 10 heteroatoms. The van der Waals surface area contributed by atoms with E-state index in [1.54, 1.807) is 24.3 Å². The van der Waals surface area contributed by atoms with E-state index in [2.05, 4.69) is 15.2 Å². The van der Waals surface area contributed by atoms with Crippen LogP contribution < -0.4 is 15.0 Å². The van der Waals surface area contributed by atoms with Gasteiger partial charge < -0.3 is 10.0 Å². The fourth-order valence-electron chi connectivity index (χ4n) is 2.86. The molecule has 0 fully saturated rings. The molecule has 3 rings (SSSR count). The van der Waals surface area contributed by atoms with Crippen LogP contribution in [0.25, 0.3) is 0 Å². The topological polar surface area (TPSA) is 111 Å². The number of amides is 1. The van der Waals surface area contributed by atoms with Gasteiger partial charge >= 0.3 is 0 Å². The van der Waals surface area contributed by atoms with Crippen LogP contribution in [0.4, 0.5) is 11.4 Å². The fraction of sp³-hybridized carbons (Fsp3) is 0.130. The Morgan fingerprint density at radius 1 is 1.09 bits per heavy atom. The molecule has 0 atom stereocenters. The monoisotopic (exact) mass is 486 g/mol. The first-order valence-electron chi connectivity index (χ1n) is 9.92. The summed E-state index contributed by atoms with van der Waals surface area (Å²) in [5.74, 6) is -0.547. The molecule has 33 heavy (non-hydrogen) atoms. The summed E-state index contributed by atoms with van der Waals surface area (Å²) in [6, 6.07) is 19.3. The summed E-state index contributed by atoms with van der Waals surface area (Å²) in [6.07, 6.45) is 1.48. The summed E-state index contributed by atoms with van der Waals surface area (Å²) in [6.45, 7) is 0.582. The normalized spacial score (nSPS) is 11.4. The molecule has 0 bridgehead atoms. The third-order valence-electron chi connectivity index (χ3n) is 4.65. The Morgan fingerprint density at radius 2 is 1.79 bits per heavy atom. The number of carbonyl (C=O) groups is 1. The Kier molecular flexibility index (Phi) is 8.05. The average molecular weight is 487 g/mol. The summed E-state index contributed by atoms with van der Waals surface area (Å²) < 4.78 is 27.8. The fourth-order valence-corrected chi connectivity index (χ4v) is 4.09. The van der Waals surface area contributed by atoms with E-state index in [4.69, 9.17) is 16.7 Å². The lowest BCUT2D eigenvalue weighted by atomic mass is 10.2. The number of halogens is 1.